The summed E-state index contributed by atoms with van der Waals surface area (Å²) in [5.74, 6) is -2.17. The Balaban J connectivity index is 2.62. The van der Waals surface area contributed by atoms with Crippen LogP contribution in [-0.2, 0) is 6.18 Å². The molecule has 0 bridgehead atoms. The second-order valence-electron chi connectivity index (χ2n) is 4.67. The van der Waals surface area contributed by atoms with Gasteiger partial charge in [-0.2, -0.15) is 13.2 Å². The molecular formula is C15H9F6NO2. The monoisotopic (exact) mass is 349 g/mol. The zero-order valence-corrected chi connectivity index (χ0v) is 11.7. The molecule has 2 aromatic carbocycles. The van der Waals surface area contributed by atoms with E-state index in [1.807, 2.05) is 0 Å². The summed E-state index contributed by atoms with van der Waals surface area (Å²) in [6, 6.07) is 6.98. The largest absolute Gasteiger partial charge is 0.573 e. The maximum absolute atomic E-state index is 13.0. The van der Waals surface area contributed by atoms with E-state index >= 15 is 0 Å². The quantitative estimate of drug-likeness (QED) is 0.837. The standard InChI is InChI=1S/C15H9F6NO2/c16-14(17,18)11-4-2-1-3-9(11)8-5-6-10(13(22)23)12(7-8)24-15(19,20)21/h1-7H,(H2,22,23). The van der Waals surface area contributed by atoms with E-state index in [0.717, 1.165) is 30.3 Å². The molecule has 0 saturated carbocycles. The van der Waals surface area contributed by atoms with Crippen molar-refractivity contribution in [2.24, 2.45) is 5.73 Å². The van der Waals surface area contributed by atoms with Crippen LogP contribution in [0, 0.1) is 0 Å². The molecule has 3 nitrogen and oxygen atoms in total. The normalized spacial score (nSPS) is 12.1. The third-order valence-corrected chi connectivity index (χ3v) is 3.02. The summed E-state index contributed by atoms with van der Waals surface area (Å²) in [6.45, 7) is 0. The highest BCUT2D eigenvalue weighted by Gasteiger charge is 2.35. The van der Waals surface area contributed by atoms with Crippen molar-refractivity contribution >= 4 is 5.91 Å². The second-order valence-corrected chi connectivity index (χ2v) is 4.67. The van der Waals surface area contributed by atoms with Crippen LogP contribution in [0.3, 0.4) is 0 Å². The molecule has 0 aliphatic heterocycles. The summed E-state index contributed by atoms with van der Waals surface area (Å²) in [6.07, 6.45) is -9.84. The lowest BCUT2D eigenvalue weighted by atomic mass is 9.97. The molecule has 0 radical (unpaired) electrons. The molecule has 0 heterocycles. The van der Waals surface area contributed by atoms with Crippen molar-refractivity contribution in [1.82, 2.24) is 0 Å². The number of hydrogen-bond donors (Lipinski definition) is 1. The minimum Gasteiger partial charge on any atom is -0.405 e. The Morgan fingerprint density at radius 2 is 1.58 bits per heavy atom. The van der Waals surface area contributed by atoms with Crippen molar-refractivity contribution in [1.29, 1.82) is 0 Å². The molecule has 0 spiro atoms. The molecule has 2 rings (SSSR count). The van der Waals surface area contributed by atoms with Gasteiger partial charge >= 0.3 is 12.5 Å². The minimum atomic E-state index is -5.13. The van der Waals surface area contributed by atoms with Gasteiger partial charge in [-0.1, -0.05) is 24.3 Å². The Bertz CT molecular complexity index is 767. The van der Waals surface area contributed by atoms with Crippen LogP contribution in [0.2, 0.25) is 0 Å². The number of amides is 1. The fourth-order valence-corrected chi connectivity index (χ4v) is 2.08. The molecular weight excluding hydrogens is 340 g/mol. The summed E-state index contributed by atoms with van der Waals surface area (Å²) in [5.41, 5.74) is 2.77. The molecule has 9 heteroatoms. The highest BCUT2D eigenvalue weighted by atomic mass is 19.4. The van der Waals surface area contributed by atoms with E-state index in [2.05, 4.69) is 4.74 Å². The summed E-state index contributed by atoms with van der Waals surface area (Å²) < 4.78 is 80.1. The van der Waals surface area contributed by atoms with E-state index in [1.54, 1.807) is 0 Å². The molecule has 1 amide bonds. The van der Waals surface area contributed by atoms with E-state index in [0.29, 0.717) is 6.07 Å². The topological polar surface area (TPSA) is 52.3 Å². The van der Waals surface area contributed by atoms with Crippen LogP contribution in [0.25, 0.3) is 11.1 Å². The van der Waals surface area contributed by atoms with Crippen molar-refractivity contribution in [2.75, 3.05) is 0 Å². The second kappa shape index (κ2) is 6.06. The smallest absolute Gasteiger partial charge is 0.405 e. The molecule has 0 saturated heterocycles. The average molecular weight is 349 g/mol. The van der Waals surface area contributed by atoms with Gasteiger partial charge in [0.2, 0.25) is 0 Å². The first kappa shape index (κ1) is 17.6. The molecule has 128 valence electrons. The van der Waals surface area contributed by atoms with E-state index in [4.69, 9.17) is 5.73 Å². The summed E-state index contributed by atoms with van der Waals surface area (Å²) in [4.78, 5) is 11.2. The zero-order chi connectivity index (χ0) is 18.1. The third-order valence-electron chi connectivity index (χ3n) is 3.02. The molecule has 24 heavy (non-hydrogen) atoms. The number of primary amides is 1. The molecule has 0 unspecified atom stereocenters. The number of alkyl halides is 6. The number of carbonyl (C=O) groups is 1. The molecule has 0 atom stereocenters. The van der Waals surface area contributed by atoms with Gasteiger partial charge in [0, 0.05) is 0 Å². The average Bonchev–Trinajstić information content (AvgIpc) is 2.44. The Morgan fingerprint density at radius 3 is 2.12 bits per heavy atom. The van der Waals surface area contributed by atoms with E-state index in [-0.39, 0.29) is 11.1 Å². The van der Waals surface area contributed by atoms with Crippen LogP contribution in [0.4, 0.5) is 26.3 Å². The van der Waals surface area contributed by atoms with Crippen molar-refractivity contribution in [3.63, 3.8) is 0 Å². The van der Waals surface area contributed by atoms with Gasteiger partial charge in [0.1, 0.15) is 5.75 Å². The van der Waals surface area contributed by atoms with Gasteiger partial charge in [0.15, 0.2) is 0 Å². The number of carbonyl (C=O) groups excluding carboxylic acids is 1. The Kier molecular flexibility index (Phi) is 4.46. The third kappa shape index (κ3) is 3.98. The maximum Gasteiger partial charge on any atom is 0.573 e. The zero-order valence-electron chi connectivity index (χ0n) is 11.7. The van der Waals surface area contributed by atoms with Crippen LogP contribution >= 0.6 is 0 Å². The molecule has 0 aromatic heterocycles. The Hall–Kier alpha value is -2.71. The lowest BCUT2D eigenvalue weighted by Gasteiger charge is -2.16. The molecule has 2 N–H and O–H groups in total. The van der Waals surface area contributed by atoms with Gasteiger partial charge in [0.05, 0.1) is 11.1 Å². The SMILES string of the molecule is NC(=O)c1ccc(-c2ccccc2C(F)(F)F)cc1OC(F)(F)F. The van der Waals surface area contributed by atoms with Crippen LogP contribution in [0.15, 0.2) is 42.5 Å². The summed E-state index contributed by atoms with van der Waals surface area (Å²) in [7, 11) is 0. The first-order valence-corrected chi connectivity index (χ1v) is 6.35. The van der Waals surface area contributed by atoms with Gasteiger partial charge in [-0.15, -0.1) is 13.2 Å². The highest BCUT2D eigenvalue weighted by Crippen LogP contribution is 2.39. The van der Waals surface area contributed by atoms with Gasteiger partial charge in [-0.3, -0.25) is 4.79 Å². The molecule has 0 fully saturated rings. The summed E-state index contributed by atoms with van der Waals surface area (Å²) >= 11 is 0. The lowest BCUT2D eigenvalue weighted by molar-refractivity contribution is -0.274. The van der Waals surface area contributed by atoms with Crippen LogP contribution in [0.1, 0.15) is 15.9 Å². The summed E-state index contributed by atoms with van der Waals surface area (Å²) in [5, 5.41) is 0. The lowest BCUT2D eigenvalue weighted by Crippen LogP contribution is -2.21. The number of nitrogens with two attached hydrogens (primary N) is 1. The van der Waals surface area contributed by atoms with E-state index in [9.17, 15) is 31.1 Å². The van der Waals surface area contributed by atoms with Crippen LogP contribution < -0.4 is 10.5 Å². The fraction of sp³-hybridized carbons (Fsp3) is 0.133. The van der Waals surface area contributed by atoms with Crippen molar-refractivity contribution in [3.8, 4) is 16.9 Å². The number of hydrogen-bond acceptors (Lipinski definition) is 2. The van der Waals surface area contributed by atoms with Crippen LogP contribution in [-0.4, -0.2) is 12.3 Å². The Morgan fingerprint density at radius 1 is 0.958 bits per heavy atom. The van der Waals surface area contributed by atoms with E-state index < -0.39 is 35.3 Å². The molecule has 0 aliphatic carbocycles. The number of halogens is 6. The van der Waals surface area contributed by atoms with Gasteiger partial charge in [0.25, 0.3) is 5.91 Å². The highest BCUT2D eigenvalue weighted by molar-refractivity contribution is 5.96. The number of rotatable bonds is 3. The van der Waals surface area contributed by atoms with E-state index in [1.165, 1.54) is 6.07 Å². The predicted octanol–water partition coefficient (Wildman–Crippen LogP) is 4.37. The van der Waals surface area contributed by atoms with Crippen molar-refractivity contribution < 1.29 is 35.9 Å². The maximum atomic E-state index is 13.0. The van der Waals surface area contributed by atoms with Gasteiger partial charge < -0.3 is 10.5 Å². The molecule has 0 aliphatic rings. The fourth-order valence-electron chi connectivity index (χ4n) is 2.08. The predicted molar refractivity (Wildman–Crippen MR) is 72.1 cm³/mol. The number of ether oxygens (including phenoxy) is 1. The minimum absolute atomic E-state index is 0.202. The van der Waals surface area contributed by atoms with Gasteiger partial charge in [-0.25, -0.2) is 0 Å². The Labute approximate surface area is 131 Å². The van der Waals surface area contributed by atoms with Crippen LogP contribution in [0.5, 0.6) is 5.75 Å². The van der Waals surface area contributed by atoms with Crippen molar-refractivity contribution in [2.45, 2.75) is 12.5 Å². The van der Waals surface area contributed by atoms with Gasteiger partial charge in [-0.05, 0) is 29.3 Å². The van der Waals surface area contributed by atoms with Crippen molar-refractivity contribution in [3.05, 3.63) is 53.6 Å². The first-order chi connectivity index (χ1) is 11.0. The molecule has 2 aromatic rings. The first-order valence-electron chi connectivity index (χ1n) is 6.35. The number of benzene rings is 2.